The van der Waals surface area contributed by atoms with Crippen molar-refractivity contribution in [1.29, 1.82) is 0 Å². The van der Waals surface area contributed by atoms with Crippen LogP contribution in [0.2, 0.25) is 0 Å². The van der Waals surface area contributed by atoms with Gasteiger partial charge in [-0.05, 0) is 73.3 Å². The monoisotopic (exact) mass is 672 g/mol. The molecule has 0 amide bonds. The fourth-order valence-electron chi connectivity index (χ4n) is 4.16. The first-order valence-electron chi connectivity index (χ1n) is 10.8. The Morgan fingerprint density at radius 3 is 2.26 bits per heavy atom. The van der Waals surface area contributed by atoms with Crippen molar-refractivity contribution in [2.75, 3.05) is 7.11 Å². The van der Waals surface area contributed by atoms with Crippen molar-refractivity contribution < 1.29 is 14.3 Å². The van der Waals surface area contributed by atoms with Crippen molar-refractivity contribution in [2.45, 2.75) is 12.5 Å². The number of methoxy groups -OCH3 is 1. The molecular weight excluding hydrogens is 656 g/mol. The molecule has 1 aromatic heterocycles. The van der Waals surface area contributed by atoms with Crippen LogP contribution >= 0.6 is 59.1 Å². The van der Waals surface area contributed by atoms with Gasteiger partial charge in [0.1, 0.15) is 11.9 Å². The largest absolute Gasteiger partial charge is 0.483 e. The highest BCUT2D eigenvalue weighted by Gasteiger charge is 2.22. The predicted octanol–water partition coefficient (Wildman–Crippen LogP) is 9.69. The minimum Gasteiger partial charge on any atom is -0.483 e. The van der Waals surface area contributed by atoms with Gasteiger partial charge in [-0.3, -0.25) is 4.79 Å². The van der Waals surface area contributed by atoms with Crippen molar-refractivity contribution in [1.82, 2.24) is 0 Å². The molecule has 0 saturated carbocycles. The Morgan fingerprint density at radius 2 is 1.54 bits per heavy atom. The van der Waals surface area contributed by atoms with Crippen LogP contribution in [0.3, 0.4) is 0 Å². The molecule has 5 aromatic rings. The van der Waals surface area contributed by atoms with Crippen LogP contribution in [-0.2, 0) is 9.53 Å². The summed E-state index contributed by atoms with van der Waals surface area (Å²) in [6.45, 7) is 0. The second kappa shape index (κ2) is 10.4. The molecule has 176 valence electrons. The zero-order chi connectivity index (χ0) is 24.5. The maximum atomic E-state index is 12.1. The molecule has 4 aromatic carbocycles. The highest BCUT2D eigenvalue weighted by Crippen LogP contribution is 2.47. The zero-order valence-electron chi connectivity index (χ0n) is 18.6. The van der Waals surface area contributed by atoms with Crippen LogP contribution in [0.4, 0.5) is 0 Å². The fraction of sp³-hybridized carbons (Fsp3) is 0.107. The first kappa shape index (κ1) is 24.5. The molecule has 0 saturated heterocycles. The first-order chi connectivity index (χ1) is 17.0. The average molecular weight is 675 g/mol. The summed E-state index contributed by atoms with van der Waals surface area (Å²) in [7, 11) is 1.39. The van der Waals surface area contributed by atoms with Crippen LogP contribution in [-0.4, -0.2) is 13.1 Å². The Hall–Kier alpha value is -2.19. The number of hydrogen-bond donors (Lipinski definition) is 0. The summed E-state index contributed by atoms with van der Waals surface area (Å²) in [6.07, 6.45) is -0.384. The highest BCUT2D eigenvalue weighted by atomic mass is 79.9. The predicted molar refractivity (Wildman–Crippen MR) is 154 cm³/mol. The Labute approximate surface area is 232 Å². The van der Waals surface area contributed by atoms with Crippen molar-refractivity contribution in [3.05, 3.63) is 97.8 Å². The molecule has 7 heteroatoms. The maximum absolute atomic E-state index is 12.1. The lowest BCUT2D eigenvalue weighted by molar-refractivity contribution is -0.142. The third-order valence-corrected chi connectivity index (χ3v) is 8.77. The number of esters is 1. The summed E-state index contributed by atoms with van der Waals surface area (Å²) in [6, 6.07) is 26.5. The summed E-state index contributed by atoms with van der Waals surface area (Å²) in [4.78, 5) is 12.1. The molecule has 1 atom stereocenters. The van der Waals surface area contributed by atoms with Crippen LogP contribution in [0.25, 0.3) is 31.3 Å². The van der Waals surface area contributed by atoms with Crippen molar-refractivity contribution >= 4 is 85.3 Å². The molecule has 0 bridgehead atoms. The number of benzene rings is 4. The van der Waals surface area contributed by atoms with E-state index >= 15 is 0 Å². The van der Waals surface area contributed by atoms with Gasteiger partial charge in [-0.25, -0.2) is 0 Å². The number of thiophene rings is 1. The molecule has 5 rings (SSSR count). The van der Waals surface area contributed by atoms with Crippen LogP contribution < -0.4 is 4.74 Å². The van der Waals surface area contributed by atoms with Gasteiger partial charge < -0.3 is 9.47 Å². The van der Waals surface area contributed by atoms with E-state index in [4.69, 9.17) is 9.47 Å². The van der Waals surface area contributed by atoms with E-state index < -0.39 is 6.10 Å². The zero-order valence-corrected chi connectivity index (χ0v) is 24.1. The Kier molecular flexibility index (Phi) is 7.30. The normalized spacial score (nSPS) is 12.1. The summed E-state index contributed by atoms with van der Waals surface area (Å²) in [5, 5.41) is 2.46. The van der Waals surface area contributed by atoms with Gasteiger partial charge in [0.05, 0.1) is 22.5 Å². The van der Waals surface area contributed by atoms with Gasteiger partial charge in [0.15, 0.2) is 0 Å². The molecule has 0 aliphatic carbocycles. The number of fused-ring (bicyclic) bond motifs is 3. The van der Waals surface area contributed by atoms with Crippen LogP contribution in [0.1, 0.15) is 18.1 Å². The molecule has 0 aliphatic rings. The lowest BCUT2D eigenvalue weighted by Crippen LogP contribution is -2.14. The van der Waals surface area contributed by atoms with Gasteiger partial charge in [0.2, 0.25) is 0 Å². The van der Waals surface area contributed by atoms with E-state index in [0.29, 0.717) is 5.75 Å². The van der Waals surface area contributed by atoms with Crippen LogP contribution in [0.15, 0.2) is 92.3 Å². The van der Waals surface area contributed by atoms with E-state index in [1.165, 1.54) is 27.3 Å². The van der Waals surface area contributed by atoms with Crippen molar-refractivity contribution in [3.63, 3.8) is 0 Å². The van der Waals surface area contributed by atoms with Crippen molar-refractivity contribution in [2.24, 2.45) is 0 Å². The van der Waals surface area contributed by atoms with E-state index in [2.05, 4.69) is 96.3 Å². The van der Waals surface area contributed by atoms with Crippen LogP contribution in [0.5, 0.6) is 5.75 Å². The van der Waals surface area contributed by atoms with Gasteiger partial charge in [0, 0.05) is 30.2 Å². The highest BCUT2D eigenvalue weighted by molar-refractivity contribution is 9.11. The summed E-state index contributed by atoms with van der Waals surface area (Å²) < 4.78 is 16.4. The number of rotatable bonds is 6. The fourth-order valence-corrected chi connectivity index (χ4v) is 7.21. The van der Waals surface area contributed by atoms with Gasteiger partial charge >= 0.3 is 5.97 Å². The second-order valence-corrected chi connectivity index (χ2v) is 11.6. The molecule has 0 aliphatic heterocycles. The third-order valence-electron chi connectivity index (χ3n) is 5.79. The molecule has 0 N–H and O–H groups in total. The molecular formula is C28H19Br3O3S. The second-order valence-electron chi connectivity index (χ2n) is 7.96. The Bertz CT molecular complexity index is 1520. The van der Waals surface area contributed by atoms with Crippen molar-refractivity contribution in [3.8, 4) is 16.9 Å². The standard InChI is InChI=1S/C28H19Br3O3S/c1-33-25(32)15-22(16-7-3-2-4-8-16)34-28-20(30)13-17(14-21(28)31)26-19(29)11-12-24-27(26)18-9-5-6-10-23(18)35-24/h2-14,22H,15H2,1H3. The third kappa shape index (κ3) is 4.92. The molecule has 1 unspecified atom stereocenters. The minimum atomic E-state index is -0.488. The van der Waals surface area contributed by atoms with Gasteiger partial charge in [-0.1, -0.05) is 64.5 Å². The smallest absolute Gasteiger partial charge is 0.309 e. The summed E-state index contributed by atoms with van der Waals surface area (Å²) in [5.41, 5.74) is 3.07. The molecule has 0 radical (unpaired) electrons. The van der Waals surface area contributed by atoms with Gasteiger partial charge in [0.25, 0.3) is 0 Å². The van der Waals surface area contributed by atoms with Gasteiger partial charge in [-0.15, -0.1) is 11.3 Å². The molecule has 3 nitrogen and oxygen atoms in total. The van der Waals surface area contributed by atoms with Crippen LogP contribution in [0, 0.1) is 0 Å². The lowest BCUT2D eigenvalue weighted by Gasteiger charge is -2.21. The molecule has 0 fully saturated rings. The number of halogens is 3. The average Bonchev–Trinajstić information content (AvgIpc) is 3.24. The number of hydrogen-bond acceptors (Lipinski definition) is 4. The SMILES string of the molecule is COC(=O)CC(Oc1c(Br)cc(-c2c(Br)ccc3sc4ccccc4c23)cc1Br)c1ccccc1. The molecule has 1 heterocycles. The summed E-state index contributed by atoms with van der Waals surface area (Å²) >= 11 is 13.0. The number of carbonyl (C=O) groups excluding carboxylic acids is 1. The number of ether oxygens (including phenoxy) is 2. The van der Waals surface area contributed by atoms with E-state index in [-0.39, 0.29) is 12.4 Å². The van der Waals surface area contributed by atoms with Gasteiger partial charge in [-0.2, -0.15) is 0 Å². The van der Waals surface area contributed by atoms with E-state index in [0.717, 1.165) is 30.1 Å². The van der Waals surface area contributed by atoms with E-state index in [9.17, 15) is 4.79 Å². The van der Waals surface area contributed by atoms with E-state index in [1.807, 2.05) is 30.3 Å². The minimum absolute atomic E-state index is 0.104. The Morgan fingerprint density at radius 1 is 0.857 bits per heavy atom. The first-order valence-corrected chi connectivity index (χ1v) is 14.0. The topological polar surface area (TPSA) is 35.5 Å². The summed E-state index contributed by atoms with van der Waals surface area (Å²) in [5.74, 6) is 0.299. The Balaban J connectivity index is 1.60. The maximum Gasteiger partial charge on any atom is 0.309 e. The van der Waals surface area contributed by atoms with E-state index in [1.54, 1.807) is 11.3 Å². The molecule has 0 spiro atoms. The molecule has 35 heavy (non-hydrogen) atoms. The lowest BCUT2D eigenvalue weighted by atomic mass is 9.99. The quantitative estimate of drug-likeness (QED) is 0.168. The number of carbonyl (C=O) groups is 1.